The van der Waals surface area contributed by atoms with Crippen molar-refractivity contribution in [3.63, 3.8) is 0 Å². The number of carbonyl (C=O) groups is 2. The molecule has 0 aromatic heterocycles. The van der Waals surface area contributed by atoms with Crippen molar-refractivity contribution in [2.24, 2.45) is 0 Å². The van der Waals surface area contributed by atoms with E-state index in [2.05, 4.69) is 0 Å². The summed E-state index contributed by atoms with van der Waals surface area (Å²) < 4.78 is 46.7. The lowest BCUT2D eigenvalue weighted by molar-refractivity contribution is -0.121. The van der Waals surface area contributed by atoms with Crippen molar-refractivity contribution in [3.8, 4) is 0 Å². The zero-order chi connectivity index (χ0) is 22.2. The number of rotatable bonds is 12. The second-order valence-electron chi connectivity index (χ2n) is 5.72. The molecule has 0 heterocycles. The third-order valence-electron chi connectivity index (χ3n) is 4.06. The smallest absolute Gasteiger partial charge is 0.228 e. The summed E-state index contributed by atoms with van der Waals surface area (Å²) in [5, 5.41) is 8.83. The largest absolute Gasteiger partial charge is 0.489 e. The average molecular weight is 343 g/mol. The molecule has 24 heavy (non-hydrogen) atoms. The maximum Gasteiger partial charge on any atom is 0.228 e. The van der Waals surface area contributed by atoms with E-state index in [0.29, 0.717) is 25.7 Å². The number of ether oxygens (including phenoxy) is 2. The van der Waals surface area contributed by atoms with Gasteiger partial charge in [0.05, 0.1) is 18.3 Å². The summed E-state index contributed by atoms with van der Waals surface area (Å²) in [4.78, 5) is 25.1. The number of Topliss-reactive ketones (excluding diaryl/α,β-unsaturated/α-hetero) is 2. The summed E-state index contributed by atoms with van der Waals surface area (Å²) in [6.07, 6.45) is 3.32. The van der Waals surface area contributed by atoms with Crippen LogP contribution in [0.4, 0.5) is 0 Å². The minimum Gasteiger partial charge on any atom is -0.489 e. The maximum absolute atomic E-state index is 12.7. The molecule has 0 fully saturated rings. The Morgan fingerprint density at radius 1 is 0.958 bits per heavy atom. The monoisotopic (exact) mass is 343 g/mol. The van der Waals surface area contributed by atoms with Crippen LogP contribution in [0.15, 0.2) is 22.7 Å². The van der Waals surface area contributed by atoms with E-state index in [1.54, 1.807) is 0 Å². The highest BCUT2D eigenvalue weighted by Crippen LogP contribution is 2.28. The Morgan fingerprint density at radius 2 is 1.58 bits per heavy atom. The molecule has 0 radical (unpaired) electrons. The van der Waals surface area contributed by atoms with Crippen LogP contribution in [0.1, 0.15) is 71.5 Å². The molecule has 0 saturated heterocycles. The predicted octanol–water partition coefficient (Wildman–Crippen LogP) is 3.46. The summed E-state index contributed by atoms with van der Waals surface area (Å²) in [7, 11) is -1.68. The minimum atomic E-state index is -2.87. The summed E-state index contributed by atoms with van der Waals surface area (Å²) >= 11 is 0. The normalized spacial score (nSPS) is 19.5. The first-order valence-electron chi connectivity index (χ1n) is 10.8. The fourth-order valence-electron chi connectivity index (χ4n) is 2.69. The zero-order valence-electron chi connectivity index (χ0n) is 19.4. The standard InChI is InChI=1S/C19H30O5/c1-14-15(12-10-8-6-4-5-7-9-11-13-20)17(22)19(24-3)18(23-2)16(14)21/h20H,4-13H2,1-3H3/i3D3,9D2. The molecule has 1 rings (SSSR count). The molecule has 0 aromatic carbocycles. The van der Waals surface area contributed by atoms with Crippen molar-refractivity contribution in [1.82, 2.24) is 0 Å². The van der Waals surface area contributed by atoms with E-state index in [1.807, 2.05) is 0 Å². The Kier molecular flexibility index (Phi) is 6.27. The van der Waals surface area contributed by atoms with Gasteiger partial charge in [-0.15, -0.1) is 0 Å². The van der Waals surface area contributed by atoms with Gasteiger partial charge in [-0.3, -0.25) is 9.59 Å². The average Bonchev–Trinajstić information content (AvgIpc) is 2.60. The lowest BCUT2D eigenvalue weighted by Crippen LogP contribution is -2.25. The van der Waals surface area contributed by atoms with Crippen molar-refractivity contribution >= 4 is 11.6 Å². The highest BCUT2D eigenvalue weighted by molar-refractivity contribution is 6.23. The molecule has 0 atom stereocenters. The summed E-state index contributed by atoms with van der Waals surface area (Å²) in [6, 6.07) is 0. The van der Waals surface area contributed by atoms with Gasteiger partial charge in [0.15, 0.2) is 0 Å². The van der Waals surface area contributed by atoms with Crippen LogP contribution in [0, 0.1) is 0 Å². The van der Waals surface area contributed by atoms with E-state index in [0.717, 1.165) is 19.3 Å². The maximum atomic E-state index is 12.7. The summed E-state index contributed by atoms with van der Waals surface area (Å²) in [5.41, 5.74) is 0.483. The van der Waals surface area contributed by atoms with E-state index >= 15 is 0 Å². The number of hydrogen-bond donors (Lipinski definition) is 1. The number of methoxy groups -OCH3 is 2. The molecule has 0 aliphatic heterocycles. The summed E-state index contributed by atoms with van der Waals surface area (Å²) in [6.45, 7) is 1.35. The number of ketones is 2. The van der Waals surface area contributed by atoms with Crippen LogP contribution in [0.3, 0.4) is 0 Å². The van der Waals surface area contributed by atoms with E-state index < -0.39 is 30.7 Å². The highest BCUT2D eigenvalue weighted by Gasteiger charge is 2.34. The molecule has 5 nitrogen and oxygen atoms in total. The summed E-state index contributed by atoms with van der Waals surface area (Å²) in [5.74, 6) is -2.13. The number of aliphatic hydroxyl groups excluding tert-OH is 1. The van der Waals surface area contributed by atoms with Crippen molar-refractivity contribution in [1.29, 1.82) is 0 Å². The van der Waals surface area contributed by atoms with Crippen molar-refractivity contribution < 1.29 is 31.0 Å². The van der Waals surface area contributed by atoms with Gasteiger partial charge in [-0.1, -0.05) is 38.5 Å². The highest BCUT2D eigenvalue weighted by atomic mass is 16.5. The first-order chi connectivity index (χ1) is 13.4. The number of aliphatic hydroxyl groups is 1. The van der Waals surface area contributed by atoms with E-state index in [1.165, 1.54) is 14.0 Å². The molecule has 136 valence electrons. The Morgan fingerprint density at radius 3 is 2.21 bits per heavy atom. The van der Waals surface area contributed by atoms with Gasteiger partial charge in [0.2, 0.25) is 23.1 Å². The minimum absolute atomic E-state index is 0.133. The molecular weight excluding hydrogens is 308 g/mol. The topological polar surface area (TPSA) is 72.8 Å². The predicted molar refractivity (Wildman–Crippen MR) is 92.4 cm³/mol. The molecule has 0 bridgehead atoms. The second-order valence-corrected chi connectivity index (χ2v) is 5.72. The second kappa shape index (κ2) is 11.0. The lowest BCUT2D eigenvalue weighted by Gasteiger charge is -2.20. The lowest BCUT2D eigenvalue weighted by atomic mass is 9.89. The Balaban J connectivity index is 2.58. The number of allylic oxidation sites excluding steroid dienone is 2. The zero-order valence-corrected chi connectivity index (χ0v) is 14.4. The molecule has 1 N–H and O–H groups in total. The Bertz CT molecular complexity index is 664. The first-order valence-corrected chi connectivity index (χ1v) is 8.31. The van der Waals surface area contributed by atoms with Crippen LogP contribution < -0.4 is 0 Å². The molecule has 0 spiro atoms. The molecule has 1 aliphatic rings. The van der Waals surface area contributed by atoms with E-state index in [-0.39, 0.29) is 29.9 Å². The number of unbranched alkanes of at least 4 members (excludes halogenated alkanes) is 4. The van der Waals surface area contributed by atoms with Gasteiger partial charge in [0.25, 0.3) is 0 Å². The van der Waals surface area contributed by atoms with Gasteiger partial charge in [0, 0.05) is 20.5 Å². The van der Waals surface area contributed by atoms with Crippen molar-refractivity contribution in [3.05, 3.63) is 22.7 Å². The Labute approximate surface area is 151 Å². The first kappa shape index (κ1) is 13.6. The van der Waals surface area contributed by atoms with Gasteiger partial charge in [0.1, 0.15) is 0 Å². The molecule has 0 unspecified atom stereocenters. The van der Waals surface area contributed by atoms with Crippen LogP contribution in [-0.4, -0.2) is 37.4 Å². The SMILES string of the molecule is [2H]C([2H])(CCO)CCCCCCCC1=C(C)C(=O)C(OC)=C(OC([2H])([2H])[2H])C1=O. The van der Waals surface area contributed by atoms with Gasteiger partial charge in [-0.05, 0) is 26.2 Å². The van der Waals surface area contributed by atoms with Gasteiger partial charge in [-0.2, -0.15) is 0 Å². The molecule has 0 amide bonds. The fraction of sp³-hybridized carbons (Fsp3) is 0.684. The number of carbonyl (C=O) groups excluding carboxylic acids is 2. The van der Waals surface area contributed by atoms with Crippen LogP contribution in [0.5, 0.6) is 0 Å². The van der Waals surface area contributed by atoms with Crippen LogP contribution in [-0.2, 0) is 19.1 Å². The van der Waals surface area contributed by atoms with E-state index in [4.69, 9.17) is 21.4 Å². The van der Waals surface area contributed by atoms with Crippen LogP contribution >= 0.6 is 0 Å². The Hall–Kier alpha value is -1.62. The molecule has 0 saturated carbocycles. The molecule has 0 aromatic rings. The van der Waals surface area contributed by atoms with Crippen molar-refractivity contribution in [2.45, 2.75) is 64.7 Å². The number of hydrogen-bond acceptors (Lipinski definition) is 5. The van der Waals surface area contributed by atoms with Gasteiger partial charge in [-0.25, -0.2) is 0 Å². The van der Waals surface area contributed by atoms with Gasteiger partial charge >= 0.3 is 0 Å². The molecular formula is C19H30O5. The third kappa shape index (κ3) is 5.48. The van der Waals surface area contributed by atoms with Gasteiger partial charge < -0.3 is 14.6 Å². The van der Waals surface area contributed by atoms with Crippen LogP contribution in [0.2, 0.25) is 0 Å². The van der Waals surface area contributed by atoms with Crippen molar-refractivity contribution in [2.75, 3.05) is 20.8 Å². The third-order valence-corrected chi connectivity index (χ3v) is 4.06. The molecule has 1 aliphatic carbocycles. The quantitative estimate of drug-likeness (QED) is 0.434. The fourth-order valence-corrected chi connectivity index (χ4v) is 2.69. The van der Waals surface area contributed by atoms with E-state index in [9.17, 15) is 9.59 Å². The molecule has 5 heteroatoms. The van der Waals surface area contributed by atoms with Crippen LogP contribution in [0.25, 0.3) is 0 Å².